The molecule has 0 aliphatic heterocycles. The SMILES string of the molecule is CC(C(=O)O)=C(C)C(=O)NC(C)(C)CCO. The molecule has 0 rings (SSSR count). The van der Waals surface area contributed by atoms with Gasteiger partial charge in [0.25, 0.3) is 0 Å². The first-order valence-electron chi connectivity index (χ1n) is 5.05. The highest BCUT2D eigenvalue weighted by molar-refractivity contribution is 6.01. The first kappa shape index (κ1) is 14.6. The number of hydrogen-bond donors (Lipinski definition) is 3. The fraction of sp³-hybridized carbons (Fsp3) is 0.636. The summed E-state index contributed by atoms with van der Waals surface area (Å²) in [5.74, 6) is -1.52. The van der Waals surface area contributed by atoms with Crippen LogP contribution >= 0.6 is 0 Å². The van der Waals surface area contributed by atoms with Crippen LogP contribution in [0.15, 0.2) is 11.1 Å². The lowest BCUT2D eigenvalue weighted by Gasteiger charge is -2.25. The second-order valence-electron chi connectivity index (χ2n) is 4.37. The van der Waals surface area contributed by atoms with E-state index >= 15 is 0 Å². The fourth-order valence-electron chi connectivity index (χ4n) is 1.07. The molecule has 16 heavy (non-hydrogen) atoms. The van der Waals surface area contributed by atoms with Crippen LogP contribution in [0.3, 0.4) is 0 Å². The van der Waals surface area contributed by atoms with Crippen LogP contribution in [0.5, 0.6) is 0 Å². The summed E-state index contributed by atoms with van der Waals surface area (Å²) in [4.78, 5) is 22.3. The van der Waals surface area contributed by atoms with Gasteiger partial charge in [0.1, 0.15) is 0 Å². The molecule has 0 atom stereocenters. The molecular formula is C11H19NO4. The summed E-state index contributed by atoms with van der Waals surface area (Å²) < 4.78 is 0. The molecule has 0 aromatic heterocycles. The minimum atomic E-state index is -1.10. The summed E-state index contributed by atoms with van der Waals surface area (Å²) in [6.45, 7) is 6.35. The second kappa shape index (κ2) is 5.65. The molecular weight excluding hydrogens is 210 g/mol. The molecule has 92 valence electrons. The summed E-state index contributed by atoms with van der Waals surface area (Å²) in [5, 5.41) is 20.2. The smallest absolute Gasteiger partial charge is 0.331 e. The third-order valence-corrected chi connectivity index (χ3v) is 2.41. The predicted octanol–water partition coefficient (Wildman–Crippen LogP) is 0.685. The van der Waals surface area contributed by atoms with Gasteiger partial charge < -0.3 is 15.5 Å². The van der Waals surface area contributed by atoms with Crippen molar-refractivity contribution in [2.24, 2.45) is 0 Å². The molecule has 0 heterocycles. The number of aliphatic hydroxyl groups is 1. The Hall–Kier alpha value is -1.36. The number of hydrogen-bond acceptors (Lipinski definition) is 3. The maximum atomic E-state index is 11.7. The number of rotatable bonds is 5. The van der Waals surface area contributed by atoms with E-state index in [-0.39, 0.29) is 17.8 Å². The summed E-state index contributed by atoms with van der Waals surface area (Å²) in [7, 11) is 0. The summed E-state index contributed by atoms with van der Waals surface area (Å²) in [5.41, 5.74) is -0.345. The van der Waals surface area contributed by atoms with E-state index in [1.165, 1.54) is 13.8 Å². The third kappa shape index (κ3) is 4.44. The first-order valence-corrected chi connectivity index (χ1v) is 5.05. The van der Waals surface area contributed by atoms with Crippen molar-refractivity contribution in [2.75, 3.05) is 6.61 Å². The Kier molecular flexibility index (Phi) is 5.17. The van der Waals surface area contributed by atoms with Crippen molar-refractivity contribution in [1.82, 2.24) is 5.32 Å². The summed E-state index contributed by atoms with van der Waals surface area (Å²) >= 11 is 0. The van der Waals surface area contributed by atoms with Gasteiger partial charge in [-0.1, -0.05) is 0 Å². The van der Waals surface area contributed by atoms with Crippen LogP contribution in [-0.2, 0) is 9.59 Å². The standard InChI is InChI=1S/C11H19NO4/c1-7(8(2)10(15)16)9(14)12-11(3,4)5-6-13/h13H,5-6H2,1-4H3,(H,12,14)(H,15,16). The van der Waals surface area contributed by atoms with Crippen molar-refractivity contribution in [1.29, 1.82) is 0 Å². The zero-order valence-corrected chi connectivity index (χ0v) is 10.1. The average Bonchev–Trinajstić information content (AvgIpc) is 2.14. The number of carboxylic acid groups (broad SMARTS) is 1. The van der Waals surface area contributed by atoms with E-state index in [0.29, 0.717) is 6.42 Å². The van der Waals surface area contributed by atoms with Crippen molar-refractivity contribution in [3.63, 3.8) is 0 Å². The van der Waals surface area contributed by atoms with Gasteiger partial charge in [0.05, 0.1) is 0 Å². The number of aliphatic hydroxyl groups excluding tert-OH is 1. The second-order valence-corrected chi connectivity index (χ2v) is 4.37. The lowest BCUT2D eigenvalue weighted by atomic mass is 10.00. The maximum Gasteiger partial charge on any atom is 0.331 e. The normalized spacial score (nSPS) is 13.1. The van der Waals surface area contributed by atoms with Crippen molar-refractivity contribution >= 4 is 11.9 Å². The Morgan fingerprint density at radius 1 is 1.19 bits per heavy atom. The van der Waals surface area contributed by atoms with Crippen LogP contribution in [0.25, 0.3) is 0 Å². The van der Waals surface area contributed by atoms with Crippen LogP contribution < -0.4 is 5.32 Å². The maximum absolute atomic E-state index is 11.7. The van der Waals surface area contributed by atoms with Gasteiger partial charge in [-0.2, -0.15) is 0 Å². The van der Waals surface area contributed by atoms with Crippen molar-refractivity contribution < 1.29 is 19.8 Å². The molecule has 0 aliphatic carbocycles. The van der Waals surface area contributed by atoms with E-state index < -0.39 is 17.4 Å². The van der Waals surface area contributed by atoms with E-state index in [9.17, 15) is 9.59 Å². The molecule has 5 nitrogen and oxygen atoms in total. The summed E-state index contributed by atoms with van der Waals surface area (Å²) in [6, 6.07) is 0. The zero-order chi connectivity index (χ0) is 12.9. The molecule has 0 aromatic rings. The van der Waals surface area contributed by atoms with Crippen molar-refractivity contribution in [3.05, 3.63) is 11.1 Å². The molecule has 0 bridgehead atoms. The highest BCUT2D eigenvalue weighted by Crippen LogP contribution is 2.10. The molecule has 0 fully saturated rings. The van der Waals surface area contributed by atoms with E-state index in [2.05, 4.69) is 5.32 Å². The summed E-state index contributed by atoms with van der Waals surface area (Å²) in [6.07, 6.45) is 0.415. The van der Waals surface area contributed by atoms with Crippen LogP contribution in [0.1, 0.15) is 34.1 Å². The van der Waals surface area contributed by atoms with E-state index in [4.69, 9.17) is 10.2 Å². The predicted molar refractivity (Wildman–Crippen MR) is 59.9 cm³/mol. The topological polar surface area (TPSA) is 86.6 Å². The Labute approximate surface area is 95.2 Å². The minimum Gasteiger partial charge on any atom is -0.478 e. The van der Waals surface area contributed by atoms with E-state index in [0.717, 1.165) is 0 Å². The Morgan fingerprint density at radius 3 is 2.06 bits per heavy atom. The van der Waals surface area contributed by atoms with Gasteiger partial charge in [0.2, 0.25) is 5.91 Å². The lowest BCUT2D eigenvalue weighted by Crippen LogP contribution is -2.44. The van der Waals surface area contributed by atoms with Gasteiger partial charge in [-0.15, -0.1) is 0 Å². The monoisotopic (exact) mass is 229 g/mol. The quantitative estimate of drug-likeness (QED) is 0.605. The van der Waals surface area contributed by atoms with Crippen molar-refractivity contribution in [3.8, 4) is 0 Å². The van der Waals surface area contributed by atoms with Crippen molar-refractivity contribution in [2.45, 2.75) is 39.7 Å². The molecule has 1 amide bonds. The zero-order valence-electron chi connectivity index (χ0n) is 10.1. The molecule has 0 saturated heterocycles. The van der Waals surface area contributed by atoms with Crippen LogP contribution in [0.2, 0.25) is 0 Å². The number of carboxylic acids is 1. The molecule has 0 radical (unpaired) electrons. The first-order chi connectivity index (χ1) is 7.21. The average molecular weight is 229 g/mol. The van der Waals surface area contributed by atoms with Crippen LogP contribution in [-0.4, -0.2) is 34.2 Å². The van der Waals surface area contributed by atoms with E-state index in [1.807, 2.05) is 0 Å². The number of nitrogens with one attached hydrogen (secondary N) is 1. The molecule has 5 heteroatoms. The highest BCUT2D eigenvalue weighted by atomic mass is 16.4. The number of amides is 1. The van der Waals surface area contributed by atoms with Gasteiger partial charge in [-0.25, -0.2) is 4.79 Å². The van der Waals surface area contributed by atoms with E-state index in [1.54, 1.807) is 13.8 Å². The Balaban J connectivity index is 4.72. The number of aliphatic carboxylic acids is 1. The fourth-order valence-corrected chi connectivity index (χ4v) is 1.07. The lowest BCUT2D eigenvalue weighted by molar-refractivity contribution is -0.133. The van der Waals surface area contributed by atoms with Crippen LogP contribution in [0, 0.1) is 0 Å². The molecule has 0 aromatic carbocycles. The van der Waals surface area contributed by atoms with Crippen LogP contribution in [0.4, 0.5) is 0 Å². The van der Waals surface area contributed by atoms with Gasteiger partial charge in [0.15, 0.2) is 0 Å². The molecule has 3 N–H and O–H groups in total. The van der Waals surface area contributed by atoms with Gasteiger partial charge >= 0.3 is 5.97 Å². The third-order valence-electron chi connectivity index (χ3n) is 2.41. The molecule has 0 unspecified atom stereocenters. The Morgan fingerprint density at radius 2 is 1.69 bits per heavy atom. The Bertz CT molecular complexity index is 318. The number of carbonyl (C=O) groups is 2. The molecule has 0 spiro atoms. The highest BCUT2D eigenvalue weighted by Gasteiger charge is 2.22. The largest absolute Gasteiger partial charge is 0.478 e. The van der Waals surface area contributed by atoms with Gasteiger partial charge in [0, 0.05) is 23.3 Å². The van der Waals surface area contributed by atoms with Gasteiger partial charge in [-0.05, 0) is 34.1 Å². The molecule has 0 aliphatic rings. The molecule has 0 saturated carbocycles. The number of carbonyl (C=O) groups excluding carboxylic acids is 1. The minimum absolute atomic E-state index is 0.0253. The van der Waals surface area contributed by atoms with Gasteiger partial charge in [-0.3, -0.25) is 4.79 Å².